The summed E-state index contributed by atoms with van der Waals surface area (Å²) < 4.78 is 5.51. The first-order chi connectivity index (χ1) is 10.4. The van der Waals surface area contributed by atoms with Gasteiger partial charge in [-0.1, -0.05) is 30.3 Å². The van der Waals surface area contributed by atoms with Crippen molar-refractivity contribution in [2.24, 2.45) is 0 Å². The van der Waals surface area contributed by atoms with E-state index in [2.05, 4.69) is 6.07 Å². The molecule has 1 atom stereocenters. The van der Waals surface area contributed by atoms with Crippen molar-refractivity contribution < 1.29 is 9.53 Å². The summed E-state index contributed by atoms with van der Waals surface area (Å²) in [6.45, 7) is 6.12. The third-order valence-corrected chi connectivity index (χ3v) is 3.90. The van der Waals surface area contributed by atoms with Crippen LogP contribution in [0.1, 0.15) is 45.6 Å². The smallest absolute Gasteiger partial charge is 0.411 e. The van der Waals surface area contributed by atoms with Crippen LogP contribution in [0.3, 0.4) is 0 Å². The largest absolute Gasteiger partial charge is 0.444 e. The average molecular weight is 300 g/mol. The Morgan fingerprint density at radius 3 is 2.59 bits per heavy atom. The van der Waals surface area contributed by atoms with Crippen LogP contribution in [-0.2, 0) is 11.2 Å². The minimum Gasteiger partial charge on any atom is -0.444 e. The fourth-order valence-corrected chi connectivity index (χ4v) is 2.89. The lowest BCUT2D eigenvalue weighted by atomic mass is 9.82. The standard InChI is InChI=1S/C18H24N2O2/c1-17(2,3)22-16(21)20-12-8-7-11-18(20,14-19)13-15-9-5-4-6-10-15/h4-6,9-10H,7-8,11-13H2,1-3H3. The highest BCUT2D eigenvalue weighted by molar-refractivity contribution is 5.70. The van der Waals surface area contributed by atoms with Crippen LogP contribution < -0.4 is 0 Å². The highest BCUT2D eigenvalue weighted by Gasteiger charge is 2.43. The summed E-state index contributed by atoms with van der Waals surface area (Å²) in [5.74, 6) is 0. The number of hydrogen-bond acceptors (Lipinski definition) is 3. The van der Waals surface area contributed by atoms with Crippen molar-refractivity contribution in [3.8, 4) is 6.07 Å². The molecule has 22 heavy (non-hydrogen) atoms. The van der Waals surface area contributed by atoms with Gasteiger partial charge in [0.05, 0.1) is 6.07 Å². The topological polar surface area (TPSA) is 53.3 Å². The van der Waals surface area contributed by atoms with E-state index in [9.17, 15) is 10.1 Å². The minimum absolute atomic E-state index is 0.385. The number of hydrogen-bond donors (Lipinski definition) is 0. The summed E-state index contributed by atoms with van der Waals surface area (Å²) in [5.41, 5.74) is -0.288. The maximum atomic E-state index is 12.5. The summed E-state index contributed by atoms with van der Waals surface area (Å²) in [6.07, 6.45) is 2.72. The van der Waals surface area contributed by atoms with E-state index < -0.39 is 11.1 Å². The number of rotatable bonds is 2. The van der Waals surface area contributed by atoms with Gasteiger partial charge in [0, 0.05) is 13.0 Å². The highest BCUT2D eigenvalue weighted by Crippen LogP contribution is 2.32. The molecule has 1 saturated heterocycles. The van der Waals surface area contributed by atoms with Crippen LogP contribution in [0.2, 0.25) is 0 Å². The molecule has 1 unspecified atom stereocenters. The Hall–Kier alpha value is -2.02. The molecule has 1 heterocycles. The Morgan fingerprint density at radius 2 is 2.00 bits per heavy atom. The molecular formula is C18H24N2O2. The van der Waals surface area contributed by atoms with E-state index in [0.717, 1.165) is 18.4 Å². The molecule has 0 aliphatic carbocycles. The third kappa shape index (κ3) is 3.79. The lowest BCUT2D eigenvalue weighted by Crippen LogP contribution is -2.56. The SMILES string of the molecule is CC(C)(C)OC(=O)N1CCCCC1(C#N)Cc1ccccc1. The van der Waals surface area contributed by atoms with Crippen LogP contribution in [0.5, 0.6) is 0 Å². The molecule has 2 rings (SSSR count). The molecule has 4 heteroatoms. The van der Waals surface area contributed by atoms with Crippen molar-refractivity contribution in [3.63, 3.8) is 0 Å². The van der Waals surface area contributed by atoms with Gasteiger partial charge in [-0.15, -0.1) is 0 Å². The first-order valence-corrected chi connectivity index (χ1v) is 7.82. The lowest BCUT2D eigenvalue weighted by molar-refractivity contribution is -0.00233. The maximum Gasteiger partial charge on any atom is 0.411 e. The maximum absolute atomic E-state index is 12.5. The number of carbonyl (C=O) groups excluding carboxylic acids is 1. The fourth-order valence-electron chi connectivity index (χ4n) is 2.89. The lowest BCUT2D eigenvalue weighted by Gasteiger charge is -2.42. The molecule has 0 spiro atoms. The number of carbonyl (C=O) groups is 1. The van der Waals surface area contributed by atoms with Gasteiger partial charge in [-0.05, 0) is 45.6 Å². The number of nitriles is 1. The zero-order valence-electron chi connectivity index (χ0n) is 13.6. The van der Waals surface area contributed by atoms with E-state index in [1.54, 1.807) is 4.90 Å². The predicted molar refractivity (Wildman–Crippen MR) is 85.3 cm³/mol. The van der Waals surface area contributed by atoms with Gasteiger partial charge in [0.15, 0.2) is 0 Å². The summed E-state index contributed by atoms with van der Waals surface area (Å²) in [5, 5.41) is 9.82. The van der Waals surface area contributed by atoms with Crippen molar-refractivity contribution in [1.82, 2.24) is 4.90 Å². The number of ether oxygens (including phenoxy) is 1. The molecule has 1 aliphatic rings. The number of nitrogens with zero attached hydrogens (tertiary/aromatic N) is 2. The molecular weight excluding hydrogens is 276 g/mol. The van der Waals surface area contributed by atoms with E-state index in [1.165, 1.54) is 0 Å². The van der Waals surface area contributed by atoms with Crippen molar-refractivity contribution in [2.45, 2.75) is 57.6 Å². The van der Waals surface area contributed by atoms with Crippen molar-refractivity contribution >= 4 is 6.09 Å². The Morgan fingerprint density at radius 1 is 1.32 bits per heavy atom. The molecule has 0 radical (unpaired) electrons. The van der Waals surface area contributed by atoms with Crippen LogP contribution in [-0.4, -0.2) is 28.7 Å². The summed E-state index contributed by atoms with van der Waals surface area (Å²) in [7, 11) is 0. The second-order valence-corrected chi connectivity index (χ2v) is 6.89. The Bertz CT molecular complexity index is 557. The van der Waals surface area contributed by atoms with Crippen LogP contribution >= 0.6 is 0 Å². The zero-order valence-corrected chi connectivity index (χ0v) is 13.6. The fraction of sp³-hybridized carbons (Fsp3) is 0.556. The molecule has 118 valence electrons. The Kier molecular flexibility index (Phi) is 4.75. The van der Waals surface area contributed by atoms with Gasteiger partial charge in [-0.2, -0.15) is 5.26 Å². The molecule has 0 N–H and O–H groups in total. The Labute approximate surface area is 132 Å². The quantitative estimate of drug-likeness (QED) is 0.832. The minimum atomic E-state index is -0.804. The van der Waals surface area contributed by atoms with Crippen molar-refractivity contribution in [1.29, 1.82) is 5.26 Å². The van der Waals surface area contributed by atoms with Gasteiger partial charge < -0.3 is 4.74 Å². The molecule has 1 aliphatic heterocycles. The van der Waals surface area contributed by atoms with Crippen molar-refractivity contribution in [3.05, 3.63) is 35.9 Å². The molecule has 1 fully saturated rings. The average Bonchev–Trinajstić information content (AvgIpc) is 2.47. The monoisotopic (exact) mass is 300 g/mol. The second-order valence-electron chi connectivity index (χ2n) is 6.89. The van der Waals surface area contributed by atoms with Crippen LogP contribution in [0.25, 0.3) is 0 Å². The van der Waals surface area contributed by atoms with E-state index in [-0.39, 0.29) is 6.09 Å². The van der Waals surface area contributed by atoms with Gasteiger partial charge in [0.1, 0.15) is 11.1 Å². The van der Waals surface area contributed by atoms with Gasteiger partial charge >= 0.3 is 6.09 Å². The molecule has 0 aromatic heterocycles. The first-order valence-electron chi connectivity index (χ1n) is 7.82. The molecule has 0 saturated carbocycles. The van der Waals surface area contributed by atoms with Gasteiger partial charge in [-0.25, -0.2) is 4.79 Å². The summed E-state index contributed by atoms with van der Waals surface area (Å²) >= 11 is 0. The number of piperidine rings is 1. The molecule has 1 amide bonds. The van der Waals surface area contributed by atoms with E-state index in [0.29, 0.717) is 19.4 Å². The highest BCUT2D eigenvalue weighted by atomic mass is 16.6. The first kappa shape index (κ1) is 16.4. The van der Waals surface area contributed by atoms with Gasteiger partial charge in [-0.3, -0.25) is 4.90 Å². The third-order valence-electron chi connectivity index (χ3n) is 3.90. The van der Waals surface area contributed by atoms with Crippen LogP contribution in [0.15, 0.2) is 30.3 Å². The molecule has 1 aromatic rings. The molecule has 0 bridgehead atoms. The van der Waals surface area contributed by atoms with E-state index >= 15 is 0 Å². The number of likely N-dealkylation sites (tertiary alicyclic amines) is 1. The summed E-state index contributed by atoms with van der Waals surface area (Å²) in [4.78, 5) is 14.2. The van der Waals surface area contributed by atoms with Gasteiger partial charge in [0.2, 0.25) is 0 Å². The van der Waals surface area contributed by atoms with Crippen LogP contribution in [0, 0.1) is 11.3 Å². The number of amides is 1. The van der Waals surface area contributed by atoms with Gasteiger partial charge in [0.25, 0.3) is 0 Å². The molecule has 1 aromatic carbocycles. The van der Waals surface area contributed by atoms with Crippen molar-refractivity contribution in [2.75, 3.05) is 6.54 Å². The summed E-state index contributed by atoms with van der Waals surface area (Å²) in [6, 6.07) is 12.3. The predicted octanol–water partition coefficient (Wildman–Crippen LogP) is 3.91. The normalized spacial score (nSPS) is 22.0. The van der Waals surface area contributed by atoms with E-state index in [4.69, 9.17) is 4.74 Å². The number of benzene rings is 1. The van der Waals surface area contributed by atoms with Crippen LogP contribution in [0.4, 0.5) is 4.79 Å². The van der Waals surface area contributed by atoms with E-state index in [1.807, 2.05) is 51.1 Å². The Balaban J connectivity index is 2.25. The zero-order chi connectivity index (χ0) is 16.2. The second kappa shape index (κ2) is 6.39. The molecule has 4 nitrogen and oxygen atoms in total.